The van der Waals surface area contributed by atoms with E-state index in [0.717, 1.165) is 0 Å². The molecule has 0 radical (unpaired) electrons. The quantitative estimate of drug-likeness (QED) is 0.576. The molecule has 0 saturated carbocycles. The SMILES string of the molecule is CCCC(NC(=O)CC)(NC(=O)CC)NC(=O)CC. The monoisotopic (exact) mass is 271 g/mol. The molecule has 0 aliphatic carbocycles. The standard InChI is InChI=1S/C13H25N3O3/c1-5-9-13(14-10(17)6-2,15-11(18)7-3)16-12(19)8-4/h5-9H2,1-4H3,(H,14,17)(H,15,18)(H,16,19). The maximum Gasteiger partial charge on any atom is 0.222 e. The minimum Gasteiger partial charge on any atom is -0.316 e. The molecular weight excluding hydrogens is 246 g/mol. The largest absolute Gasteiger partial charge is 0.316 e. The van der Waals surface area contributed by atoms with Crippen molar-refractivity contribution in [3.8, 4) is 0 Å². The average molecular weight is 271 g/mol. The molecule has 0 unspecified atom stereocenters. The Bertz CT molecular complexity index is 284. The van der Waals surface area contributed by atoms with Crippen LogP contribution in [0.4, 0.5) is 0 Å². The van der Waals surface area contributed by atoms with E-state index in [1.165, 1.54) is 0 Å². The molecule has 19 heavy (non-hydrogen) atoms. The van der Waals surface area contributed by atoms with Crippen LogP contribution in [0.5, 0.6) is 0 Å². The number of rotatable bonds is 8. The molecule has 3 N–H and O–H groups in total. The molecule has 0 aromatic rings. The molecule has 0 saturated heterocycles. The van der Waals surface area contributed by atoms with Crippen molar-refractivity contribution in [1.82, 2.24) is 16.0 Å². The van der Waals surface area contributed by atoms with Gasteiger partial charge in [-0.05, 0) is 0 Å². The molecule has 0 rings (SSSR count). The highest BCUT2D eigenvalue weighted by atomic mass is 16.2. The van der Waals surface area contributed by atoms with Crippen molar-refractivity contribution in [2.24, 2.45) is 0 Å². The van der Waals surface area contributed by atoms with E-state index in [1.807, 2.05) is 6.92 Å². The van der Waals surface area contributed by atoms with E-state index in [-0.39, 0.29) is 37.0 Å². The molecule has 0 aromatic carbocycles. The third-order valence-corrected chi connectivity index (χ3v) is 2.65. The van der Waals surface area contributed by atoms with Gasteiger partial charge in [0.05, 0.1) is 0 Å². The van der Waals surface area contributed by atoms with Crippen LogP contribution in [-0.4, -0.2) is 23.5 Å². The lowest BCUT2D eigenvalue weighted by Crippen LogP contribution is -2.70. The minimum atomic E-state index is -1.18. The van der Waals surface area contributed by atoms with Crippen molar-refractivity contribution >= 4 is 17.7 Å². The lowest BCUT2D eigenvalue weighted by Gasteiger charge is -2.36. The third-order valence-electron chi connectivity index (χ3n) is 2.65. The van der Waals surface area contributed by atoms with Crippen LogP contribution in [0, 0.1) is 0 Å². The number of amides is 3. The highest BCUT2D eigenvalue weighted by molar-refractivity contribution is 5.82. The van der Waals surface area contributed by atoms with Crippen LogP contribution in [0.2, 0.25) is 0 Å². The van der Waals surface area contributed by atoms with E-state index in [1.54, 1.807) is 20.8 Å². The normalized spacial score (nSPS) is 10.7. The van der Waals surface area contributed by atoms with Gasteiger partial charge in [-0.15, -0.1) is 0 Å². The highest BCUT2D eigenvalue weighted by Gasteiger charge is 2.33. The number of carbonyl (C=O) groups is 3. The molecule has 0 bridgehead atoms. The molecule has 3 amide bonds. The lowest BCUT2D eigenvalue weighted by atomic mass is 10.1. The zero-order chi connectivity index (χ0) is 14.9. The summed E-state index contributed by atoms with van der Waals surface area (Å²) in [6, 6.07) is 0. The second-order valence-electron chi connectivity index (χ2n) is 4.36. The second kappa shape index (κ2) is 8.50. The van der Waals surface area contributed by atoms with Gasteiger partial charge in [-0.1, -0.05) is 34.1 Å². The van der Waals surface area contributed by atoms with Crippen LogP contribution in [0.3, 0.4) is 0 Å². The van der Waals surface area contributed by atoms with Gasteiger partial charge in [-0.2, -0.15) is 0 Å². The van der Waals surface area contributed by atoms with Crippen molar-refractivity contribution in [3.05, 3.63) is 0 Å². The second-order valence-corrected chi connectivity index (χ2v) is 4.36. The van der Waals surface area contributed by atoms with Gasteiger partial charge in [0.25, 0.3) is 0 Å². The Balaban J connectivity index is 5.12. The van der Waals surface area contributed by atoms with Crippen LogP contribution in [0.1, 0.15) is 59.8 Å². The topological polar surface area (TPSA) is 87.3 Å². The van der Waals surface area contributed by atoms with Crippen molar-refractivity contribution < 1.29 is 14.4 Å². The van der Waals surface area contributed by atoms with Gasteiger partial charge >= 0.3 is 0 Å². The fourth-order valence-corrected chi connectivity index (χ4v) is 1.64. The van der Waals surface area contributed by atoms with E-state index >= 15 is 0 Å². The molecule has 6 heteroatoms. The van der Waals surface area contributed by atoms with Gasteiger partial charge in [0.2, 0.25) is 17.7 Å². The van der Waals surface area contributed by atoms with Crippen LogP contribution in [0.15, 0.2) is 0 Å². The number of hydrogen-bond acceptors (Lipinski definition) is 3. The molecule has 0 spiro atoms. The van der Waals surface area contributed by atoms with Crippen LogP contribution in [-0.2, 0) is 14.4 Å². The van der Waals surface area contributed by atoms with Gasteiger partial charge in [0.1, 0.15) is 0 Å². The molecule has 0 aliphatic rings. The average Bonchev–Trinajstić information content (AvgIpc) is 2.38. The van der Waals surface area contributed by atoms with Crippen molar-refractivity contribution in [2.75, 3.05) is 0 Å². The molecule has 110 valence electrons. The molecule has 0 fully saturated rings. The van der Waals surface area contributed by atoms with E-state index in [9.17, 15) is 14.4 Å². The first-order chi connectivity index (χ1) is 8.92. The maximum absolute atomic E-state index is 11.6. The molecule has 0 aliphatic heterocycles. The van der Waals surface area contributed by atoms with E-state index in [4.69, 9.17) is 0 Å². The number of carbonyl (C=O) groups excluding carboxylic acids is 3. The summed E-state index contributed by atoms with van der Waals surface area (Å²) in [6.45, 7) is 7.07. The Kier molecular flexibility index (Phi) is 7.79. The summed E-state index contributed by atoms with van der Waals surface area (Å²) in [5, 5.41) is 8.13. The fraction of sp³-hybridized carbons (Fsp3) is 0.769. The first-order valence-corrected chi connectivity index (χ1v) is 6.86. The predicted octanol–water partition coefficient (Wildman–Crippen LogP) is 1.02. The van der Waals surface area contributed by atoms with Gasteiger partial charge < -0.3 is 16.0 Å². The van der Waals surface area contributed by atoms with E-state index in [2.05, 4.69) is 16.0 Å². The Labute approximate surface area is 114 Å². The van der Waals surface area contributed by atoms with E-state index in [0.29, 0.717) is 12.8 Å². The zero-order valence-electron chi connectivity index (χ0n) is 12.3. The van der Waals surface area contributed by atoms with E-state index < -0.39 is 5.79 Å². The summed E-state index contributed by atoms with van der Waals surface area (Å²) in [5.41, 5.74) is 0. The van der Waals surface area contributed by atoms with Crippen molar-refractivity contribution in [3.63, 3.8) is 0 Å². The maximum atomic E-state index is 11.6. The van der Waals surface area contributed by atoms with Gasteiger partial charge in [-0.3, -0.25) is 14.4 Å². The Morgan fingerprint density at radius 3 is 1.26 bits per heavy atom. The van der Waals surface area contributed by atoms with Gasteiger partial charge in [0.15, 0.2) is 5.79 Å². The summed E-state index contributed by atoms with van der Waals surface area (Å²) in [4.78, 5) is 34.9. The molecular formula is C13H25N3O3. The Morgan fingerprint density at radius 2 is 1.05 bits per heavy atom. The molecule has 6 nitrogen and oxygen atoms in total. The summed E-state index contributed by atoms with van der Waals surface area (Å²) in [7, 11) is 0. The van der Waals surface area contributed by atoms with Crippen LogP contribution < -0.4 is 16.0 Å². The molecule has 0 atom stereocenters. The summed E-state index contributed by atoms with van der Waals surface area (Å²) >= 11 is 0. The van der Waals surface area contributed by atoms with Gasteiger partial charge in [0, 0.05) is 25.7 Å². The Morgan fingerprint density at radius 1 is 0.737 bits per heavy atom. The predicted molar refractivity (Wildman–Crippen MR) is 72.9 cm³/mol. The molecule has 0 aromatic heterocycles. The van der Waals surface area contributed by atoms with Crippen LogP contribution >= 0.6 is 0 Å². The first kappa shape index (κ1) is 17.4. The summed E-state index contributed by atoms with van der Waals surface area (Å²) in [6.07, 6.45) is 2.01. The fourth-order valence-electron chi connectivity index (χ4n) is 1.64. The minimum absolute atomic E-state index is 0.221. The van der Waals surface area contributed by atoms with Crippen molar-refractivity contribution in [2.45, 2.75) is 65.6 Å². The molecule has 0 heterocycles. The number of nitrogens with one attached hydrogen (secondary N) is 3. The Hall–Kier alpha value is -1.59. The smallest absolute Gasteiger partial charge is 0.222 e. The lowest BCUT2D eigenvalue weighted by molar-refractivity contribution is -0.131. The number of hydrogen-bond donors (Lipinski definition) is 3. The summed E-state index contributed by atoms with van der Waals surface area (Å²) in [5.74, 6) is -1.84. The third kappa shape index (κ3) is 6.22. The van der Waals surface area contributed by atoms with Gasteiger partial charge in [-0.25, -0.2) is 0 Å². The zero-order valence-corrected chi connectivity index (χ0v) is 12.3. The summed E-state index contributed by atoms with van der Waals surface area (Å²) < 4.78 is 0. The highest BCUT2D eigenvalue weighted by Crippen LogP contribution is 2.08. The van der Waals surface area contributed by atoms with Crippen LogP contribution in [0.25, 0.3) is 0 Å². The first-order valence-electron chi connectivity index (χ1n) is 6.86. The van der Waals surface area contributed by atoms with Crippen molar-refractivity contribution in [1.29, 1.82) is 0 Å².